The number of esters is 1. The van der Waals surface area contributed by atoms with Crippen LogP contribution >= 0.6 is 11.3 Å². The van der Waals surface area contributed by atoms with Crippen LogP contribution in [0.5, 0.6) is 0 Å². The molecule has 0 radical (unpaired) electrons. The topological polar surface area (TPSA) is 67.9 Å². The van der Waals surface area contributed by atoms with Gasteiger partial charge in [-0.2, -0.15) is 0 Å². The highest BCUT2D eigenvalue weighted by molar-refractivity contribution is 7.18. The molecule has 1 aromatic heterocycles. The number of benzene rings is 1. The molecule has 2 heterocycles. The third-order valence-electron chi connectivity index (χ3n) is 4.39. The number of morpholine rings is 1. The lowest BCUT2D eigenvalue weighted by Crippen LogP contribution is -2.48. The van der Waals surface area contributed by atoms with Gasteiger partial charge in [0.25, 0.3) is 0 Å². The molecule has 1 fully saturated rings. The van der Waals surface area contributed by atoms with Crippen molar-refractivity contribution < 1.29 is 19.1 Å². The summed E-state index contributed by atoms with van der Waals surface area (Å²) in [4.78, 5) is 28.4. The van der Waals surface area contributed by atoms with E-state index in [9.17, 15) is 9.59 Å². The van der Waals surface area contributed by atoms with Crippen LogP contribution in [0.1, 0.15) is 30.4 Å². The van der Waals surface area contributed by atoms with Gasteiger partial charge >= 0.3 is 5.97 Å². The molecule has 2 atom stereocenters. The third kappa shape index (κ3) is 5.19. The Balaban J connectivity index is 1.76. The van der Waals surface area contributed by atoms with E-state index in [4.69, 9.17) is 9.47 Å². The Labute approximate surface area is 169 Å². The van der Waals surface area contributed by atoms with Gasteiger partial charge in [-0.25, -0.2) is 4.79 Å². The first-order chi connectivity index (χ1) is 13.5. The number of hydrogen-bond donors (Lipinski definition) is 1. The van der Waals surface area contributed by atoms with Crippen LogP contribution in [0.3, 0.4) is 0 Å². The van der Waals surface area contributed by atoms with Crippen molar-refractivity contribution in [1.29, 1.82) is 0 Å². The zero-order valence-corrected chi connectivity index (χ0v) is 17.3. The third-order valence-corrected chi connectivity index (χ3v) is 5.55. The minimum Gasteiger partial charge on any atom is -0.462 e. The van der Waals surface area contributed by atoms with Crippen molar-refractivity contribution in [3.8, 4) is 10.4 Å². The molecule has 1 saturated heterocycles. The summed E-state index contributed by atoms with van der Waals surface area (Å²) in [7, 11) is 0. The van der Waals surface area contributed by atoms with Gasteiger partial charge < -0.3 is 14.8 Å². The lowest BCUT2D eigenvalue weighted by atomic mass is 10.2. The molecule has 1 amide bonds. The van der Waals surface area contributed by atoms with Gasteiger partial charge in [0.15, 0.2) is 0 Å². The molecule has 0 aliphatic carbocycles. The van der Waals surface area contributed by atoms with E-state index >= 15 is 0 Å². The lowest BCUT2D eigenvalue weighted by Gasteiger charge is -2.34. The number of carbonyl (C=O) groups is 2. The van der Waals surface area contributed by atoms with Crippen molar-refractivity contribution in [3.05, 3.63) is 41.3 Å². The van der Waals surface area contributed by atoms with Crippen molar-refractivity contribution in [2.24, 2.45) is 0 Å². The van der Waals surface area contributed by atoms with E-state index in [1.54, 1.807) is 6.92 Å². The van der Waals surface area contributed by atoms with E-state index in [0.29, 0.717) is 23.7 Å². The molecule has 3 rings (SSSR count). The largest absolute Gasteiger partial charge is 0.462 e. The summed E-state index contributed by atoms with van der Waals surface area (Å²) < 4.78 is 10.9. The Morgan fingerprint density at radius 3 is 2.54 bits per heavy atom. The molecule has 6 nitrogen and oxygen atoms in total. The lowest BCUT2D eigenvalue weighted by molar-refractivity contribution is -0.121. The fourth-order valence-corrected chi connectivity index (χ4v) is 4.40. The maximum Gasteiger partial charge on any atom is 0.350 e. The van der Waals surface area contributed by atoms with Crippen LogP contribution in [-0.2, 0) is 14.3 Å². The summed E-state index contributed by atoms with van der Waals surface area (Å²) in [6.07, 6.45) is 0.190. The first kappa shape index (κ1) is 20.5. The fraction of sp³-hybridized carbons (Fsp3) is 0.429. The van der Waals surface area contributed by atoms with Gasteiger partial charge in [-0.1, -0.05) is 30.3 Å². The number of nitrogens with one attached hydrogen (secondary N) is 1. The molecule has 0 bridgehead atoms. The number of thiophene rings is 1. The number of rotatable bonds is 6. The Bertz CT molecular complexity index is 811. The normalized spacial score (nSPS) is 20.0. The van der Waals surface area contributed by atoms with Gasteiger partial charge in [-0.15, -0.1) is 11.3 Å². The van der Waals surface area contributed by atoms with Gasteiger partial charge in [0.1, 0.15) is 4.88 Å². The second-order valence-electron chi connectivity index (χ2n) is 6.94. The highest BCUT2D eigenvalue weighted by Crippen LogP contribution is 2.35. The molecule has 1 aliphatic rings. The molecular formula is C21H26N2O4S. The standard InChI is InChI=1S/C21H26N2O4S/c1-4-26-21(25)20-17(10-18(28-20)16-8-6-5-7-9-16)22-19(24)13-23-11-14(2)27-15(3)12-23/h5-10,14-15H,4,11-13H2,1-3H3,(H,22,24). The first-order valence-electron chi connectivity index (χ1n) is 9.50. The number of anilines is 1. The minimum absolute atomic E-state index is 0.0949. The van der Waals surface area contributed by atoms with E-state index in [1.807, 2.05) is 50.2 Å². The van der Waals surface area contributed by atoms with E-state index in [2.05, 4.69) is 10.2 Å². The van der Waals surface area contributed by atoms with Gasteiger partial charge in [0.2, 0.25) is 5.91 Å². The average molecular weight is 403 g/mol. The summed E-state index contributed by atoms with van der Waals surface area (Å²) in [5.74, 6) is -0.567. The smallest absolute Gasteiger partial charge is 0.350 e. The molecule has 1 N–H and O–H groups in total. The van der Waals surface area contributed by atoms with Crippen LogP contribution in [0, 0.1) is 0 Å². The fourth-order valence-electron chi connectivity index (χ4n) is 3.38. The molecule has 0 spiro atoms. The monoisotopic (exact) mass is 402 g/mol. The molecule has 0 saturated carbocycles. The number of ether oxygens (including phenoxy) is 2. The molecule has 7 heteroatoms. The molecular weight excluding hydrogens is 376 g/mol. The zero-order valence-electron chi connectivity index (χ0n) is 16.4. The van der Waals surface area contributed by atoms with E-state index in [0.717, 1.165) is 10.4 Å². The van der Waals surface area contributed by atoms with Crippen LogP contribution in [0.25, 0.3) is 10.4 Å². The van der Waals surface area contributed by atoms with Crippen LogP contribution in [0.2, 0.25) is 0 Å². The average Bonchev–Trinajstić information content (AvgIpc) is 3.05. The van der Waals surface area contributed by atoms with Crippen molar-refractivity contribution in [2.45, 2.75) is 33.0 Å². The Morgan fingerprint density at radius 2 is 1.89 bits per heavy atom. The maximum atomic E-state index is 12.6. The molecule has 150 valence electrons. The van der Waals surface area contributed by atoms with E-state index in [1.165, 1.54) is 11.3 Å². The van der Waals surface area contributed by atoms with E-state index < -0.39 is 5.97 Å². The SMILES string of the molecule is CCOC(=O)c1sc(-c2ccccc2)cc1NC(=O)CN1CC(C)OC(C)C1. The number of nitrogens with zero attached hydrogens (tertiary/aromatic N) is 1. The molecule has 1 aliphatic heterocycles. The predicted molar refractivity (Wildman–Crippen MR) is 111 cm³/mol. The zero-order chi connectivity index (χ0) is 20.1. The van der Waals surface area contributed by atoms with Crippen molar-refractivity contribution in [2.75, 3.05) is 31.6 Å². The first-order valence-corrected chi connectivity index (χ1v) is 10.3. The van der Waals surface area contributed by atoms with E-state index in [-0.39, 0.29) is 31.3 Å². The van der Waals surface area contributed by atoms with Gasteiger partial charge in [-0.3, -0.25) is 9.69 Å². The second-order valence-corrected chi connectivity index (χ2v) is 7.99. The van der Waals surface area contributed by atoms with Crippen molar-refractivity contribution in [3.63, 3.8) is 0 Å². The van der Waals surface area contributed by atoms with Crippen molar-refractivity contribution >= 4 is 28.9 Å². The van der Waals surface area contributed by atoms with Gasteiger partial charge in [0.05, 0.1) is 31.0 Å². The summed E-state index contributed by atoms with van der Waals surface area (Å²) in [5.41, 5.74) is 1.50. The second kappa shape index (κ2) is 9.32. The summed E-state index contributed by atoms with van der Waals surface area (Å²) in [6.45, 7) is 7.74. The Kier molecular flexibility index (Phi) is 6.83. The van der Waals surface area contributed by atoms with Crippen LogP contribution in [0.4, 0.5) is 5.69 Å². The van der Waals surface area contributed by atoms with Crippen LogP contribution in [0.15, 0.2) is 36.4 Å². The number of amides is 1. The molecule has 2 aromatic rings. The van der Waals surface area contributed by atoms with Crippen LogP contribution in [-0.4, -0.2) is 55.2 Å². The highest BCUT2D eigenvalue weighted by atomic mass is 32.1. The molecule has 28 heavy (non-hydrogen) atoms. The summed E-state index contributed by atoms with van der Waals surface area (Å²) >= 11 is 1.33. The number of hydrogen-bond acceptors (Lipinski definition) is 6. The molecule has 1 aromatic carbocycles. The van der Waals surface area contributed by atoms with Crippen LogP contribution < -0.4 is 5.32 Å². The van der Waals surface area contributed by atoms with Gasteiger partial charge in [-0.05, 0) is 32.4 Å². The quantitative estimate of drug-likeness (QED) is 0.747. The Hall–Kier alpha value is -2.22. The summed E-state index contributed by atoms with van der Waals surface area (Å²) in [5, 5.41) is 2.91. The minimum atomic E-state index is -0.418. The Morgan fingerprint density at radius 1 is 1.21 bits per heavy atom. The number of carbonyl (C=O) groups excluding carboxylic acids is 2. The predicted octanol–water partition coefficient (Wildman–Crippen LogP) is 3.64. The maximum absolute atomic E-state index is 12.6. The molecule has 2 unspecified atom stereocenters. The van der Waals surface area contributed by atoms with Gasteiger partial charge in [0, 0.05) is 18.0 Å². The van der Waals surface area contributed by atoms with Crippen molar-refractivity contribution in [1.82, 2.24) is 4.90 Å². The summed E-state index contributed by atoms with van der Waals surface area (Å²) in [6, 6.07) is 11.6. The highest BCUT2D eigenvalue weighted by Gasteiger charge is 2.25.